The van der Waals surface area contributed by atoms with Crippen LogP contribution in [0.1, 0.15) is 43.0 Å². The van der Waals surface area contributed by atoms with E-state index in [1.165, 1.54) is 11.1 Å². The van der Waals surface area contributed by atoms with Gasteiger partial charge in [-0.15, -0.1) is 0 Å². The molecule has 1 aliphatic heterocycles. The van der Waals surface area contributed by atoms with Gasteiger partial charge in [-0.2, -0.15) is 5.10 Å². The first-order chi connectivity index (χ1) is 12.7. The normalized spacial score (nSPS) is 17.0. The maximum absolute atomic E-state index is 4.75. The molecule has 1 atom stereocenters. The largest absolute Gasteiger partial charge is 0.357 e. The molecule has 6 nitrogen and oxygen atoms in total. The maximum atomic E-state index is 4.75. The summed E-state index contributed by atoms with van der Waals surface area (Å²) in [5.74, 6) is 2.95. The third-order valence-corrected chi connectivity index (χ3v) is 4.69. The topological polar surface area (TPSA) is 67.1 Å². The van der Waals surface area contributed by atoms with Gasteiger partial charge in [-0.1, -0.05) is 36.8 Å². The minimum Gasteiger partial charge on any atom is -0.357 e. The third kappa shape index (κ3) is 4.84. The van der Waals surface area contributed by atoms with Gasteiger partial charge in [0.05, 0.1) is 6.54 Å². The fourth-order valence-corrected chi connectivity index (χ4v) is 3.19. The summed E-state index contributed by atoms with van der Waals surface area (Å²) in [7, 11) is 0. The Hall–Kier alpha value is -2.37. The zero-order chi connectivity index (χ0) is 18.4. The Morgan fingerprint density at radius 2 is 2.08 bits per heavy atom. The molecule has 1 aromatic heterocycles. The standard InChI is InChI=1S/C20H30N6/c1-4-18-24-19-11-10-17(14-26(19)25-18)23-20(21-5-2)22-13-12-16-8-6-15(3)7-9-16/h6-9,17H,4-5,10-14H2,1-3H3,(H2,21,22,23). The van der Waals surface area contributed by atoms with Crippen LogP contribution in [0.5, 0.6) is 0 Å². The maximum Gasteiger partial charge on any atom is 0.191 e. The second-order valence-corrected chi connectivity index (χ2v) is 6.86. The number of fused-ring (bicyclic) bond motifs is 1. The fraction of sp³-hybridized carbons (Fsp3) is 0.550. The van der Waals surface area contributed by atoms with E-state index in [2.05, 4.69) is 70.4 Å². The van der Waals surface area contributed by atoms with Crippen LogP contribution in [0.15, 0.2) is 29.3 Å². The number of hydrogen-bond donors (Lipinski definition) is 2. The first-order valence-electron chi connectivity index (χ1n) is 9.71. The van der Waals surface area contributed by atoms with Crippen LogP contribution in [0.25, 0.3) is 0 Å². The number of nitrogens with zero attached hydrogens (tertiary/aromatic N) is 4. The van der Waals surface area contributed by atoms with Crippen LogP contribution in [0, 0.1) is 6.92 Å². The molecule has 26 heavy (non-hydrogen) atoms. The highest BCUT2D eigenvalue weighted by Crippen LogP contribution is 2.13. The molecule has 3 rings (SSSR count). The van der Waals surface area contributed by atoms with Crippen molar-refractivity contribution in [2.24, 2.45) is 4.99 Å². The fourth-order valence-electron chi connectivity index (χ4n) is 3.19. The van der Waals surface area contributed by atoms with Crippen molar-refractivity contribution in [3.8, 4) is 0 Å². The first kappa shape index (κ1) is 18.4. The SMILES string of the molecule is CCNC(=NCCc1ccc(C)cc1)NC1CCc2nc(CC)nn2C1. The van der Waals surface area contributed by atoms with E-state index in [1.807, 2.05) is 0 Å². The van der Waals surface area contributed by atoms with E-state index < -0.39 is 0 Å². The molecule has 0 bridgehead atoms. The highest BCUT2D eigenvalue weighted by molar-refractivity contribution is 5.80. The van der Waals surface area contributed by atoms with E-state index >= 15 is 0 Å². The third-order valence-electron chi connectivity index (χ3n) is 4.69. The molecule has 1 unspecified atom stereocenters. The van der Waals surface area contributed by atoms with Crippen LogP contribution in [-0.4, -0.2) is 39.9 Å². The summed E-state index contributed by atoms with van der Waals surface area (Å²) in [4.78, 5) is 9.34. The van der Waals surface area contributed by atoms with Crippen molar-refractivity contribution in [2.45, 2.75) is 59.0 Å². The Balaban J connectivity index is 1.56. The summed E-state index contributed by atoms with van der Waals surface area (Å²) in [6.07, 6.45) is 3.87. The number of aromatic nitrogens is 3. The summed E-state index contributed by atoms with van der Waals surface area (Å²) >= 11 is 0. The van der Waals surface area contributed by atoms with E-state index in [-0.39, 0.29) is 0 Å². The van der Waals surface area contributed by atoms with Crippen LogP contribution in [-0.2, 0) is 25.8 Å². The number of rotatable bonds is 6. The molecule has 0 saturated carbocycles. The average molecular weight is 355 g/mol. The molecule has 1 aromatic carbocycles. The summed E-state index contributed by atoms with van der Waals surface area (Å²) in [5, 5.41) is 11.5. The van der Waals surface area contributed by atoms with Crippen LogP contribution < -0.4 is 10.6 Å². The monoisotopic (exact) mass is 354 g/mol. The number of guanidine groups is 1. The molecule has 0 radical (unpaired) electrons. The Labute approximate surface area is 156 Å². The second-order valence-electron chi connectivity index (χ2n) is 6.86. The molecule has 0 saturated heterocycles. The molecule has 6 heteroatoms. The van der Waals surface area contributed by atoms with Gasteiger partial charge < -0.3 is 10.6 Å². The van der Waals surface area contributed by atoms with Crippen molar-refractivity contribution in [2.75, 3.05) is 13.1 Å². The summed E-state index contributed by atoms with van der Waals surface area (Å²) in [6.45, 7) is 8.80. The van der Waals surface area contributed by atoms with E-state index in [9.17, 15) is 0 Å². The lowest BCUT2D eigenvalue weighted by molar-refractivity contribution is 0.392. The smallest absolute Gasteiger partial charge is 0.191 e. The molecule has 0 amide bonds. The number of aryl methyl sites for hydroxylation is 3. The summed E-state index contributed by atoms with van der Waals surface area (Å²) in [6, 6.07) is 9.02. The lowest BCUT2D eigenvalue weighted by Crippen LogP contribution is -2.47. The highest BCUT2D eigenvalue weighted by atomic mass is 15.4. The van der Waals surface area contributed by atoms with Crippen molar-refractivity contribution in [3.05, 3.63) is 47.0 Å². The predicted octanol–water partition coefficient (Wildman–Crippen LogP) is 2.26. The van der Waals surface area contributed by atoms with Gasteiger partial charge in [0.1, 0.15) is 5.82 Å². The zero-order valence-corrected chi connectivity index (χ0v) is 16.1. The Morgan fingerprint density at radius 3 is 2.81 bits per heavy atom. The second kappa shape index (κ2) is 8.83. The molecule has 140 valence electrons. The molecule has 0 aliphatic carbocycles. The van der Waals surface area contributed by atoms with Gasteiger partial charge in [0.25, 0.3) is 0 Å². The number of nitrogens with one attached hydrogen (secondary N) is 2. The Morgan fingerprint density at radius 1 is 1.27 bits per heavy atom. The quantitative estimate of drug-likeness (QED) is 0.617. The van der Waals surface area contributed by atoms with Gasteiger partial charge >= 0.3 is 0 Å². The van der Waals surface area contributed by atoms with E-state index in [0.29, 0.717) is 6.04 Å². The van der Waals surface area contributed by atoms with Crippen LogP contribution >= 0.6 is 0 Å². The Bertz CT molecular complexity index is 731. The molecule has 1 aliphatic rings. The molecule has 0 spiro atoms. The van der Waals surface area contributed by atoms with E-state index in [0.717, 1.165) is 62.9 Å². The number of aliphatic imine (C=N–C) groups is 1. The molecular formula is C20H30N6. The number of hydrogen-bond acceptors (Lipinski definition) is 3. The summed E-state index contributed by atoms with van der Waals surface area (Å²) in [5.41, 5.74) is 2.62. The summed E-state index contributed by atoms with van der Waals surface area (Å²) < 4.78 is 2.05. The van der Waals surface area contributed by atoms with Gasteiger partial charge in [-0.05, 0) is 32.3 Å². The van der Waals surface area contributed by atoms with Crippen molar-refractivity contribution in [1.82, 2.24) is 25.4 Å². The van der Waals surface area contributed by atoms with Gasteiger partial charge in [0.15, 0.2) is 11.8 Å². The molecule has 2 N–H and O–H groups in total. The highest BCUT2D eigenvalue weighted by Gasteiger charge is 2.21. The Kier molecular flexibility index (Phi) is 6.26. The first-order valence-corrected chi connectivity index (χ1v) is 9.71. The van der Waals surface area contributed by atoms with Gasteiger partial charge in [0, 0.05) is 32.0 Å². The average Bonchev–Trinajstić information content (AvgIpc) is 3.06. The number of benzene rings is 1. The van der Waals surface area contributed by atoms with Crippen LogP contribution in [0.3, 0.4) is 0 Å². The minimum absolute atomic E-state index is 0.339. The molecular weight excluding hydrogens is 324 g/mol. The van der Waals surface area contributed by atoms with Crippen molar-refractivity contribution in [3.63, 3.8) is 0 Å². The van der Waals surface area contributed by atoms with Crippen LogP contribution in [0.4, 0.5) is 0 Å². The minimum atomic E-state index is 0.339. The van der Waals surface area contributed by atoms with Crippen molar-refractivity contribution >= 4 is 5.96 Å². The van der Waals surface area contributed by atoms with E-state index in [1.54, 1.807) is 0 Å². The molecule has 2 heterocycles. The lowest BCUT2D eigenvalue weighted by Gasteiger charge is -2.25. The van der Waals surface area contributed by atoms with Gasteiger partial charge in [0.2, 0.25) is 0 Å². The van der Waals surface area contributed by atoms with Gasteiger partial charge in [-0.3, -0.25) is 4.99 Å². The lowest BCUT2D eigenvalue weighted by atomic mass is 10.1. The predicted molar refractivity (Wildman–Crippen MR) is 106 cm³/mol. The van der Waals surface area contributed by atoms with E-state index in [4.69, 9.17) is 4.99 Å². The zero-order valence-electron chi connectivity index (χ0n) is 16.1. The van der Waals surface area contributed by atoms with Gasteiger partial charge in [-0.25, -0.2) is 9.67 Å². The van der Waals surface area contributed by atoms with Crippen molar-refractivity contribution in [1.29, 1.82) is 0 Å². The van der Waals surface area contributed by atoms with Crippen molar-refractivity contribution < 1.29 is 0 Å². The molecule has 2 aromatic rings. The van der Waals surface area contributed by atoms with Crippen LogP contribution in [0.2, 0.25) is 0 Å². The molecule has 0 fully saturated rings.